The molecule has 0 aliphatic carbocycles. The van der Waals surface area contributed by atoms with Crippen molar-refractivity contribution in [2.45, 2.75) is 26.1 Å². The zero-order chi connectivity index (χ0) is 19.6. The van der Waals surface area contributed by atoms with E-state index in [2.05, 4.69) is 5.16 Å². The second-order valence-electron chi connectivity index (χ2n) is 6.15. The fourth-order valence-electron chi connectivity index (χ4n) is 2.55. The molecule has 0 aliphatic heterocycles. The first-order valence-electron chi connectivity index (χ1n) is 8.20. The minimum atomic E-state index is -4.45. The summed E-state index contributed by atoms with van der Waals surface area (Å²) in [5.41, 5.74) is 0.475. The van der Waals surface area contributed by atoms with Gasteiger partial charge in [-0.15, -0.1) is 0 Å². The Balaban J connectivity index is 1.97. The predicted octanol–water partition coefficient (Wildman–Crippen LogP) is 5.59. The van der Waals surface area contributed by atoms with Crippen LogP contribution in [-0.2, 0) is 10.9 Å². The number of nitrogens with zero attached hydrogens (tertiary/aromatic N) is 1. The predicted molar refractivity (Wildman–Crippen MR) is 92.9 cm³/mol. The molecular formula is C20H16F3NO3. The van der Waals surface area contributed by atoms with E-state index in [1.807, 2.05) is 0 Å². The Hall–Kier alpha value is -3.09. The molecule has 0 aliphatic rings. The van der Waals surface area contributed by atoms with Crippen molar-refractivity contribution in [3.8, 4) is 22.6 Å². The molecule has 0 N–H and O–H groups in total. The van der Waals surface area contributed by atoms with Crippen LogP contribution in [0.5, 0.6) is 0 Å². The first-order valence-corrected chi connectivity index (χ1v) is 8.20. The normalized spacial score (nSPS) is 11.6. The summed E-state index contributed by atoms with van der Waals surface area (Å²) in [7, 11) is 0. The van der Waals surface area contributed by atoms with Crippen LogP contribution in [-0.4, -0.2) is 17.2 Å². The lowest BCUT2D eigenvalue weighted by molar-refractivity contribution is -0.137. The minimum Gasteiger partial charge on any atom is -0.459 e. The Morgan fingerprint density at radius 1 is 1.07 bits per heavy atom. The Kier molecular flexibility index (Phi) is 5.03. The molecule has 1 heterocycles. The fraction of sp³-hybridized carbons (Fsp3) is 0.200. The van der Waals surface area contributed by atoms with Gasteiger partial charge in [-0.2, -0.15) is 13.2 Å². The number of aromatic nitrogens is 1. The Morgan fingerprint density at radius 2 is 1.81 bits per heavy atom. The van der Waals surface area contributed by atoms with Gasteiger partial charge < -0.3 is 9.26 Å². The number of benzene rings is 2. The van der Waals surface area contributed by atoms with Crippen LogP contribution in [0.4, 0.5) is 13.2 Å². The molecule has 3 aromatic rings. The fourth-order valence-corrected chi connectivity index (χ4v) is 2.55. The van der Waals surface area contributed by atoms with Crippen LogP contribution in [0.2, 0.25) is 0 Å². The number of alkyl halides is 3. The summed E-state index contributed by atoms with van der Waals surface area (Å²) in [6.07, 6.45) is -4.74. The molecule has 4 nitrogen and oxygen atoms in total. The maximum atomic E-state index is 12.9. The van der Waals surface area contributed by atoms with Crippen molar-refractivity contribution in [1.82, 2.24) is 5.16 Å². The van der Waals surface area contributed by atoms with Gasteiger partial charge in [-0.05, 0) is 32.0 Å². The number of carbonyl (C=O) groups is 1. The summed E-state index contributed by atoms with van der Waals surface area (Å²) >= 11 is 0. The Morgan fingerprint density at radius 3 is 2.52 bits per heavy atom. The molecule has 0 fully saturated rings. The summed E-state index contributed by atoms with van der Waals surface area (Å²) in [4.78, 5) is 12.3. The van der Waals surface area contributed by atoms with E-state index in [9.17, 15) is 18.0 Å². The summed E-state index contributed by atoms with van der Waals surface area (Å²) < 4.78 is 49.2. The first-order chi connectivity index (χ1) is 12.8. The lowest BCUT2D eigenvalue weighted by atomic mass is 10.0. The Labute approximate surface area is 153 Å². The summed E-state index contributed by atoms with van der Waals surface area (Å²) in [5.74, 6) is -0.253. The van der Waals surface area contributed by atoms with Gasteiger partial charge in [-0.25, -0.2) is 4.79 Å². The van der Waals surface area contributed by atoms with Crippen molar-refractivity contribution in [3.63, 3.8) is 0 Å². The maximum absolute atomic E-state index is 12.9. The quantitative estimate of drug-likeness (QED) is 0.558. The zero-order valence-corrected chi connectivity index (χ0v) is 14.6. The number of hydrogen-bond donors (Lipinski definition) is 0. The van der Waals surface area contributed by atoms with E-state index in [-0.39, 0.29) is 28.7 Å². The smallest absolute Gasteiger partial charge is 0.416 e. The summed E-state index contributed by atoms with van der Waals surface area (Å²) in [5, 5.41) is 3.85. The van der Waals surface area contributed by atoms with Gasteiger partial charge in [0.15, 0.2) is 5.76 Å². The van der Waals surface area contributed by atoms with E-state index in [0.29, 0.717) is 5.56 Å². The van der Waals surface area contributed by atoms with Gasteiger partial charge in [0.2, 0.25) is 0 Å². The van der Waals surface area contributed by atoms with Crippen molar-refractivity contribution in [1.29, 1.82) is 0 Å². The number of ether oxygens (including phenoxy) is 1. The van der Waals surface area contributed by atoms with E-state index >= 15 is 0 Å². The standard InChI is InChI=1S/C20H16F3NO3/c1-12(2)26-19(25)16-9-4-3-8-15(16)18-11-17(24-27-18)13-6-5-7-14(10-13)20(21,22)23/h3-12H,1-2H3. The minimum absolute atomic E-state index is 0.239. The van der Waals surface area contributed by atoms with Gasteiger partial charge in [0.1, 0.15) is 5.69 Å². The lowest BCUT2D eigenvalue weighted by Crippen LogP contribution is -2.12. The van der Waals surface area contributed by atoms with Crippen molar-refractivity contribution < 1.29 is 27.2 Å². The van der Waals surface area contributed by atoms with Crippen molar-refractivity contribution in [2.75, 3.05) is 0 Å². The van der Waals surface area contributed by atoms with E-state index in [1.165, 1.54) is 18.2 Å². The van der Waals surface area contributed by atoms with Crippen LogP contribution in [0, 0.1) is 0 Å². The second kappa shape index (κ2) is 7.26. The molecule has 0 amide bonds. The van der Waals surface area contributed by atoms with Gasteiger partial charge in [0, 0.05) is 17.2 Å². The monoisotopic (exact) mass is 375 g/mol. The lowest BCUT2D eigenvalue weighted by Gasteiger charge is -2.10. The molecule has 0 saturated heterocycles. The Bertz CT molecular complexity index is 961. The van der Waals surface area contributed by atoms with Crippen molar-refractivity contribution in [3.05, 3.63) is 65.7 Å². The third-order valence-electron chi connectivity index (χ3n) is 3.75. The highest BCUT2D eigenvalue weighted by molar-refractivity contribution is 5.96. The molecular weight excluding hydrogens is 359 g/mol. The number of carbonyl (C=O) groups excluding carboxylic acids is 1. The summed E-state index contributed by atoms with van der Waals surface area (Å²) in [6.45, 7) is 3.47. The molecule has 3 rings (SSSR count). The largest absolute Gasteiger partial charge is 0.459 e. The van der Waals surface area contributed by atoms with E-state index in [0.717, 1.165) is 12.1 Å². The molecule has 0 bridgehead atoms. The van der Waals surface area contributed by atoms with Crippen molar-refractivity contribution in [2.24, 2.45) is 0 Å². The van der Waals surface area contributed by atoms with E-state index in [4.69, 9.17) is 9.26 Å². The molecule has 0 saturated carbocycles. The number of esters is 1. The third-order valence-corrected chi connectivity index (χ3v) is 3.75. The van der Waals surface area contributed by atoms with Crippen LogP contribution in [0.3, 0.4) is 0 Å². The average molecular weight is 375 g/mol. The van der Waals surface area contributed by atoms with E-state index in [1.54, 1.807) is 38.1 Å². The van der Waals surface area contributed by atoms with Gasteiger partial charge in [-0.1, -0.05) is 35.5 Å². The average Bonchev–Trinajstić information content (AvgIpc) is 3.10. The molecule has 1 aromatic heterocycles. The van der Waals surface area contributed by atoms with Crippen LogP contribution < -0.4 is 0 Å². The second-order valence-corrected chi connectivity index (χ2v) is 6.15. The highest BCUT2D eigenvalue weighted by Gasteiger charge is 2.30. The van der Waals surface area contributed by atoms with Gasteiger partial charge in [0.25, 0.3) is 0 Å². The van der Waals surface area contributed by atoms with Gasteiger partial charge in [-0.3, -0.25) is 0 Å². The first kappa shape index (κ1) is 18.7. The molecule has 0 atom stereocenters. The number of halogens is 3. The van der Waals surface area contributed by atoms with Gasteiger partial charge >= 0.3 is 12.1 Å². The molecule has 2 aromatic carbocycles. The third kappa shape index (κ3) is 4.19. The zero-order valence-electron chi connectivity index (χ0n) is 14.6. The molecule has 140 valence electrons. The van der Waals surface area contributed by atoms with Crippen LogP contribution in [0.25, 0.3) is 22.6 Å². The van der Waals surface area contributed by atoms with Crippen LogP contribution >= 0.6 is 0 Å². The topological polar surface area (TPSA) is 52.3 Å². The highest BCUT2D eigenvalue weighted by Crippen LogP contribution is 2.33. The van der Waals surface area contributed by atoms with Gasteiger partial charge in [0.05, 0.1) is 17.2 Å². The molecule has 7 heteroatoms. The molecule has 0 spiro atoms. The van der Waals surface area contributed by atoms with E-state index < -0.39 is 17.7 Å². The van der Waals surface area contributed by atoms with Crippen LogP contribution in [0.1, 0.15) is 29.8 Å². The maximum Gasteiger partial charge on any atom is 0.416 e. The highest BCUT2D eigenvalue weighted by atomic mass is 19.4. The van der Waals surface area contributed by atoms with Crippen molar-refractivity contribution >= 4 is 5.97 Å². The molecule has 0 radical (unpaired) electrons. The van der Waals surface area contributed by atoms with Crippen LogP contribution in [0.15, 0.2) is 59.1 Å². The number of rotatable bonds is 4. The molecule has 27 heavy (non-hydrogen) atoms. The molecule has 0 unspecified atom stereocenters. The number of hydrogen-bond acceptors (Lipinski definition) is 4. The SMILES string of the molecule is CC(C)OC(=O)c1ccccc1-c1cc(-c2cccc(C(F)(F)F)c2)no1. The summed E-state index contributed by atoms with van der Waals surface area (Å²) in [6, 6.07) is 13.0.